The van der Waals surface area contributed by atoms with Crippen molar-refractivity contribution in [3.05, 3.63) is 92.7 Å². The Morgan fingerprint density at radius 1 is 0.893 bits per heavy atom. The topological polar surface area (TPSA) is 133 Å². The van der Waals surface area contributed by atoms with Crippen LogP contribution in [0.15, 0.2) is 48.7 Å². The van der Waals surface area contributed by atoms with Crippen LogP contribution >= 0.6 is 23.2 Å². The third-order valence-electron chi connectivity index (χ3n) is 12.5. The minimum atomic E-state index is -2.41. The summed E-state index contributed by atoms with van der Waals surface area (Å²) < 4.78 is 27.6. The Kier molecular flexibility index (Phi) is 10.4. The molecule has 2 amide bonds. The zero-order chi connectivity index (χ0) is 39.4. The standard InChI is InChI=1S/C41H43Cl2F2N7O4/c1-50-32-9-16-51(17-14-40-10-12-41(23-40,13-11-40)39(55)56)21-31(32)47-36(50)38(54)49-29-7-3-5-27(35(29)43)26-4-2-6-28(34(26)42)48-37(53)30-18-24-8-15-52(22-33(44)45)20-25(24)19-46-30/h2-7,18-19,33H,8-17,20-23H2,1H3,(H,48,53)(H,49,54)(H,55,56). The lowest BCUT2D eigenvalue weighted by Gasteiger charge is -2.32. The highest BCUT2D eigenvalue weighted by Crippen LogP contribution is 2.63. The second kappa shape index (κ2) is 15.1. The number of carboxylic acid groups (broad SMARTS) is 1. The highest BCUT2D eigenvalue weighted by atomic mass is 35.5. The van der Waals surface area contributed by atoms with Crippen molar-refractivity contribution in [2.24, 2.45) is 17.9 Å². The molecule has 2 aromatic heterocycles. The lowest BCUT2D eigenvalue weighted by atomic mass is 9.80. The number of nitrogens with zero attached hydrogens (tertiary/aromatic N) is 5. The molecule has 2 aliphatic heterocycles. The molecule has 8 rings (SSSR count). The number of aromatic nitrogens is 3. The third kappa shape index (κ3) is 7.30. The predicted octanol–water partition coefficient (Wildman–Crippen LogP) is 7.70. The largest absolute Gasteiger partial charge is 0.481 e. The van der Waals surface area contributed by atoms with Gasteiger partial charge in [0.1, 0.15) is 5.69 Å². The maximum absolute atomic E-state index is 13.7. The number of imidazole rings is 1. The van der Waals surface area contributed by atoms with E-state index in [-0.39, 0.29) is 33.5 Å². The molecule has 2 fully saturated rings. The van der Waals surface area contributed by atoms with E-state index in [4.69, 9.17) is 28.2 Å². The quantitative estimate of drug-likeness (QED) is 0.141. The van der Waals surface area contributed by atoms with Gasteiger partial charge in [-0.2, -0.15) is 0 Å². The molecule has 0 radical (unpaired) electrons. The van der Waals surface area contributed by atoms with Crippen LogP contribution in [0.1, 0.15) is 82.1 Å². The summed E-state index contributed by atoms with van der Waals surface area (Å²) in [6.45, 7) is 2.87. The van der Waals surface area contributed by atoms with E-state index in [2.05, 4.69) is 20.5 Å². The van der Waals surface area contributed by atoms with Crippen LogP contribution in [-0.4, -0.2) is 79.8 Å². The van der Waals surface area contributed by atoms with Crippen molar-refractivity contribution in [1.29, 1.82) is 0 Å². The Bertz CT molecular complexity index is 2220. The molecular weight excluding hydrogens is 763 g/mol. The maximum atomic E-state index is 13.7. The number of anilines is 2. The summed E-state index contributed by atoms with van der Waals surface area (Å²) in [7, 11) is 1.85. The normalized spacial score (nSPS) is 21.9. The van der Waals surface area contributed by atoms with Crippen LogP contribution in [-0.2, 0) is 37.8 Å². The van der Waals surface area contributed by atoms with E-state index < -0.39 is 29.6 Å². The smallest absolute Gasteiger partial charge is 0.309 e. The Hall–Kier alpha value is -4.43. The van der Waals surface area contributed by atoms with Gasteiger partial charge >= 0.3 is 5.97 Å². The van der Waals surface area contributed by atoms with E-state index >= 15 is 0 Å². The molecule has 0 saturated heterocycles. The van der Waals surface area contributed by atoms with Gasteiger partial charge in [0.2, 0.25) is 0 Å². The summed E-state index contributed by atoms with van der Waals surface area (Å²) in [5.74, 6) is -1.23. The van der Waals surface area contributed by atoms with Gasteiger partial charge in [0.05, 0.1) is 39.1 Å². The number of pyridine rings is 1. The molecule has 294 valence electrons. The van der Waals surface area contributed by atoms with Crippen LogP contribution in [0.3, 0.4) is 0 Å². The van der Waals surface area contributed by atoms with Gasteiger partial charge in [-0.3, -0.25) is 29.2 Å². The number of alkyl halides is 2. The van der Waals surface area contributed by atoms with Crippen molar-refractivity contribution in [1.82, 2.24) is 24.3 Å². The maximum Gasteiger partial charge on any atom is 0.309 e. The molecule has 0 spiro atoms. The fourth-order valence-electron chi connectivity index (χ4n) is 9.34. The first-order chi connectivity index (χ1) is 26.8. The first-order valence-corrected chi connectivity index (χ1v) is 19.8. The zero-order valence-corrected chi connectivity index (χ0v) is 32.5. The zero-order valence-electron chi connectivity index (χ0n) is 31.0. The van der Waals surface area contributed by atoms with E-state index in [9.17, 15) is 28.3 Å². The molecule has 4 heterocycles. The predicted molar refractivity (Wildman–Crippen MR) is 209 cm³/mol. The first-order valence-electron chi connectivity index (χ1n) is 19.0. The van der Waals surface area contributed by atoms with E-state index in [1.54, 1.807) is 53.6 Å². The van der Waals surface area contributed by atoms with E-state index in [0.29, 0.717) is 48.6 Å². The lowest BCUT2D eigenvalue weighted by molar-refractivity contribution is -0.148. The van der Waals surface area contributed by atoms with Crippen molar-refractivity contribution in [2.75, 3.05) is 36.8 Å². The van der Waals surface area contributed by atoms with Gasteiger partial charge in [0, 0.05) is 62.7 Å². The summed E-state index contributed by atoms with van der Waals surface area (Å²) in [6.07, 6.45) is 5.72. The van der Waals surface area contributed by atoms with Crippen molar-refractivity contribution in [3.63, 3.8) is 0 Å². The molecule has 3 N–H and O–H groups in total. The molecule has 2 bridgehead atoms. The minimum Gasteiger partial charge on any atom is -0.481 e. The lowest BCUT2D eigenvalue weighted by Crippen LogP contribution is -2.34. The van der Waals surface area contributed by atoms with Gasteiger partial charge < -0.3 is 20.3 Å². The average molecular weight is 807 g/mol. The second-order valence-corrected chi connectivity index (χ2v) is 16.6. The number of halogens is 4. The van der Waals surface area contributed by atoms with Gasteiger partial charge in [-0.1, -0.05) is 47.5 Å². The summed E-state index contributed by atoms with van der Waals surface area (Å²) in [6, 6.07) is 12.1. The molecule has 11 nitrogen and oxygen atoms in total. The molecule has 15 heteroatoms. The number of carbonyl (C=O) groups excluding carboxylic acids is 2. The number of amides is 2. The summed E-state index contributed by atoms with van der Waals surface area (Å²) >= 11 is 13.8. The summed E-state index contributed by atoms with van der Waals surface area (Å²) in [5.41, 5.74) is 5.18. The second-order valence-electron chi connectivity index (χ2n) is 15.9. The molecule has 4 aromatic rings. The van der Waals surface area contributed by atoms with Gasteiger partial charge in [-0.15, -0.1) is 0 Å². The minimum absolute atomic E-state index is 0.119. The Morgan fingerprint density at radius 3 is 2.20 bits per heavy atom. The average Bonchev–Trinajstić information content (AvgIpc) is 3.86. The van der Waals surface area contributed by atoms with Crippen LogP contribution in [0, 0.1) is 10.8 Å². The molecule has 56 heavy (non-hydrogen) atoms. The molecule has 2 aliphatic carbocycles. The summed E-state index contributed by atoms with van der Waals surface area (Å²) in [4.78, 5) is 52.1. The van der Waals surface area contributed by atoms with Crippen LogP contribution in [0.4, 0.5) is 20.2 Å². The number of benzene rings is 2. The van der Waals surface area contributed by atoms with Gasteiger partial charge in [0.25, 0.3) is 18.2 Å². The number of aliphatic carboxylic acids is 1. The SMILES string of the molecule is Cn1c(C(=O)Nc2cccc(-c3cccc(NC(=O)c4cc5c(cn4)CN(CC(F)F)CC5)c3Cl)c2Cl)nc2c1CCN(CCC13CCC(C(=O)O)(CC1)C3)C2. The van der Waals surface area contributed by atoms with E-state index in [1.165, 1.54) is 0 Å². The molecule has 0 atom stereocenters. The van der Waals surface area contributed by atoms with Gasteiger partial charge in [-0.25, -0.2) is 13.8 Å². The number of hydrogen-bond acceptors (Lipinski definition) is 7. The van der Waals surface area contributed by atoms with Crippen molar-refractivity contribution >= 4 is 52.4 Å². The van der Waals surface area contributed by atoms with E-state index in [1.807, 2.05) is 11.6 Å². The number of carboxylic acids is 1. The Balaban J connectivity index is 0.927. The van der Waals surface area contributed by atoms with Crippen LogP contribution < -0.4 is 10.6 Å². The van der Waals surface area contributed by atoms with Crippen LogP contribution in [0.2, 0.25) is 10.0 Å². The Labute approximate surface area is 333 Å². The van der Waals surface area contributed by atoms with Crippen molar-refractivity contribution in [3.8, 4) is 11.1 Å². The number of fused-ring (bicyclic) bond motifs is 4. The molecular formula is C41H43Cl2F2N7O4. The fraction of sp³-hybridized carbons (Fsp3) is 0.439. The fourth-order valence-corrected chi connectivity index (χ4v) is 9.89. The van der Waals surface area contributed by atoms with Crippen molar-refractivity contribution < 1.29 is 28.3 Å². The van der Waals surface area contributed by atoms with E-state index in [0.717, 1.165) is 80.6 Å². The van der Waals surface area contributed by atoms with Gasteiger partial charge in [-0.05, 0) is 86.2 Å². The first kappa shape index (κ1) is 38.4. The molecule has 0 unspecified atom stereocenters. The molecule has 2 aromatic carbocycles. The van der Waals surface area contributed by atoms with Crippen LogP contribution in [0.5, 0.6) is 0 Å². The number of nitrogens with one attached hydrogen (secondary N) is 2. The van der Waals surface area contributed by atoms with Gasteiger partial charge in [0.15, 0.2) is 5.82 Å². The molecule has 4 aliphatic rings. The number of hydrogen-bond donors (Lipinski definition) is 3. The molecule has 2 saturated carbocycles. The van der Waals surface area contributed by atoms with Crippen molar-refractivity contribution in [2.45, 2.75) is 70.9 Å². The summed E-state index contributed by atoms with van der Waals surface area (Å²) in [5, 5.41) is 16.1. The highest BCUT2D eigenvalue weighted by Gasteiger charge is 2.57. The number of rotatable bonds is 11. The highest BCUT2D eigenvalue weighted by molar-refractivity contribution is 6.40. The third-order valence-corrected chi connectivity index (χ3v) is 13.3. The van der Waals surface area contributed by atoms with Crippen LogP contribution in [0.25, 0.3) is 11.1 Å². The number of carbonyl (C=O) groups is 3. The Morgan fingerprint density at radius 2 is 1.55 bits per heavy atom. The monoisotopic (exact) mass is 805 g/mol.